The molecule has 0 saturated heterocycles. The zero-order valence-corrected chi connectivity index (χ0v) is 13.8. The van der Waals surface area contributed by atoms with E-state index < -0.39 is 0 Å². The lowest BCUT2D eigenvalue weighted by Crippen LogP contribution is -2.14. The van der Waals surface area contributed by atoms with E-state index >= 15 is 0 Å². The summed E-state index contributed by atoms with van der Waals surface area (Å²) >= 11 is 0. The van der Waals surface area contributed by atoms with Crippen molar-refractivity contribution in [2.24, 2.45) is 0 Å². The summed E-state index contributed by atoms with van der Waals surface area (Å²) in [6, 6.07) is 16.9. The zero-order chi connectivity index (χ0) is 17.1. The first-order chi connectivity index (χ1) is 11.5. The molecule has 1 aromatic heterocycles. The van der Waals surface area contributed by atoms with Crippen molar-refractivity contribution in [3.63, 3.8) is 0 Å². The maximum Gasteiger partial charge on any atom is 0.248 e. The van der Waals surface area contributed by atoms with Crippen LogP contribution in [-0.2, 0) is 11.2 Å². The highest BCUT2D eigenvalue weighted by molar-refractivity contribution is 5.95. The van der Waals surface area contributed by atoms with Crippen LogP contribution in [0.4, 0.5) is 5.69 Å². The highest BCUT2D eigenvalue weighted by atomic mass is 16.1. The summed E-state index contributed by atoms with van der Waals surface area (Å²) in [4.78, 5) is 26.9. The van der Waals surface area contributed by atoms with E-state index in [0.29, 0.717) is 12.1 Å². The summed E-state index contributed by atoms with van der Waals surface area (Å²) in [7, 11) is 0. The van der Waals surface area contributed by atoms with Crippen molar-refractivity contribution in [1.29, 1.82) is 0 Å². The van der Waals surface area contributed by atoms with Crippen molar-refractivity contribution in [2.45, 2.75) is 26.2 Å². The number of rotatable bonds is 4. The molecule has 0 atom stereocenters. The lowest BCUT2D eigenvalue weighted by atomic mass is 9.99. The number of aromatic nitrogens is 1. The minimum Gasteiger partial charge on any atom is -0.326 e. The average Bonchev–Trinajstić information content (AvgIpc) is 2.54. The van der Waals surface area contributed by atoms with Crippen molar-refractivity contribution in [2.75, 3.05) is 5.32 Å². The number of benzene rings is 2. The Morgan fingerprint density at radius 3 is 2.54 bits per heavy atom. The van der Waals surface area contributed by atoms with Gasteiger partial charge >= 0.3 is 0 Å². The summed E-state index contributed by atoms with van der Waals surface area (Å²) in [5.74, 6) is 0.177. The van der Waals surface area contributed by atoms with Gasteiger partial charge in [0.15, 0.2) is 0 Å². The van der Waals surface area contributed by atoms with Crippen LogP contribution >= 0.6 is 0 Å². The molecule has 2 N–H and O–H groups in total. The predicted molar refractivity (Wildman–Crippen MR) is 97.4 cm³/mol. The molecule has 3 aromatic rings. The summed E-state index contributed by atoms with van der Waals surface area (Å²) in [6.45, 7) is 4.12. The van der Waals surface area contributed by atoms with Crippen LogP contribution in [0.3, 0.4) is 0 Å². The number of amides is 1. The van der Waals surface area contributed by atoms with Crippen LogP contribution in [0, 0.1) is 0 Å². The number of anilines is 1. The summed E-state index contributed by atoms with van der Waals surface area (Å²) < 4.78 is 0. The number of hydrogen-bond acceptors (Lipinski definition) is 2. The largest absolute Gasteiger partial charge is 0.326 e. The monoisotopic (exact) mass is 320 g/mol. The maximum atomic E-state index is 12.2. The second kappa shape index (κ2) is 6.71. The molecule has 0 aliphatic heterocycles. The second-order valence-electron chi connectivity index (χ2n) is 6.21. The third-order valence-electron chi connectivity index (χ3n) is 3.99. The van der Waals surface area contributed by atoms with Gasteiger partial charge in [-0.15, -0.1) is 0 Å². The number of pyridine rings is 1. The summed E-state index contributed by atoms with van der Waals surface area (Å²) in [6.07, 6.45) is 0.321. The first-order valence-electron chi connectivity index (χ1n) is 8.03. The van der Waals surface area contributed by atoms with Crippen molar-refractivity contribution < 1.29 is 4.79 Å². The molecule has 122 valence electrons. The van der Waals surface area contributed by atoms with Gasteiger partial charge in [-0.3, -0.25) is 9.59 Å². The van der Waals surface area contributed by atoms with Crippen LogP contribution in [0.5, 0.6) is 0 Å². The minimum absolute atomic E-state index is 0.0806. The molecule has 0 aliphatic rings. The average molecular weight is 320 g/mol. The molecule has 0 unspecified atom stereocenters. The number of aromatic amines is 1. The van der Waals surface area contributed by atoms with Gasteiger partial charge in [0.2, 0.25) is 11.5 Å². The van der Waals surface area contributed by atoms with E-state index in [1.165, 1.54) is 0 Å². The van der Waals surface area contributed by atoms with E-state index in [1.54, 1.807) is 6.07 Å². The lowest BCUT2D eigenvalue weighted by Gasteiger charge is -2.11. The van der Waals surface area contributed by atoms with Gasteiger partial charge in [-0.2, -0.15) is 0 Å². The number of carbonyl (C=O) groups excluding carboxylic acids is 1. The van der Waals surface area contributed by atoms with E-state index in [-0.39, 0.29) is 17.4 Å². The van der Waals surface area contributed by atoms with Gasteiger partial charge in [0.1, 0.15) is 0 Å². The van der Waals surface area contributed by atoms with E-state index in [0.717, 1.165) is 22.0 Å². The molecule has 0 radical (unpaired) electrons. The van der Waals surface area contributed by atoms with E-state index in [4.69, 9.17) is 0 Å². The van der Waals surface area contributed by atoms with Gasteiger partial charge in [-0.25, -0.2) is 0 Å². The molecule has 4 heteroatoms. The topological polar surface area (TPSA) is 62.0 Å². The van der Waals surface area contributed by atoms with Gasteiger partial charge < -0.3 is 10.3 Å². The molecular weight excluding hydrogens is 300 g/mol. The third kappa shape index (κ3) is 3.54. The first kappa shape index (κ1) is 16.0. The number of fused-ring (bicyclic) bond motifs is 1. The molecule has 1 amide bonds. The quantitative estimate of drug-likeness (QED) is 0.767. The molecule has 24 heavy (non-hydrogen) atoms. The summed E-state index contributed by atoms with van der Waals surface area (Å²) in [5.41, 5.74) is 3.27. The van der Waals surface area contributed by atoms with Crippen molar-refractivity contribution in [3.05, 3.63) is 76.1 Å². The van der Waals surface area contributed by atoms with Crippen molar-refractivity contribution in [1.82, 2.24) is 4.98 Å². The van der Waals surface area contributed by atoms with E-state index in [1.807, 2.05) is 48.5 Å². The normalized spacial score (nSPS) is 11.0. The number of nitrogens with one attached hydrogen (secondary N) is 2. The fourth-order valence-corrected chi connectivity index (χ4v) is 2.83. The van der Waals surface area contributed by atoms with Crippen LogP contribution in [0.25, 0.3) is 10.9 Å². The van der Waals surface area contributed by atoms with Gasteiger partial charge in [-0.1, -0.05) is 50.2 Å². The molecule has 0 aliphatic carbocycles. The van der Waals surface area contributed by atoms with Crippen LogP contribution in [0.2, 0.25) is 0 Å². The molecule has 0 fully saturated rings. The van der Waals surface area contributed by atoms with Gasteiger partial charge in [0.25, 0.3) is 0 Å². The van der Waals surface area contributed by atoms with Gasteiger partial charge in [-0.05, 0) is 29.2 Å². The number of hydrogen-bond donors (Lipinski definition) is 2. The molecule has 1 heterocycles. The van der Waals surface area contributed by atoms with E-state index in [2.05, 4.69) is 24.1 Å². The number of H-pyrrole nitrogens is 1. The summed E-state index contributed by atoms with van der Waals surface area (Å²) in [5, 5.41) is 3.89. The fourth-order valence-electron chi connectivity index (χ4n) is 2.83. The van der Waals surface area contributed by atoms with Crippen molar-refractivity contribution >= 4 is 22.5 Å². The fraction of sp³-hybridized carbons (Fsp3) is 0.200. The molecule has 0 saturated carbocycles. The predicted octanol–water partition coefficient (Wildman–Crippen LogP) is 3.83. The zero-order valence-electron chi connectivity index (χ0n) is 13.8. The Balaban J connectivity index is 1.86. The van der Waals surface area contributed by atoms with Gasteiger partial charge in [0.05, 0.1) is 11.9 Å². The second-order valence-corrected chi connectivity index (χ2v) is 6.21. The van der Waals surface area contributed by atoms with Crippen LogP contribution in [-0.4, -0.2) is 10.9 Å². The Labute approximate surface area is 140 Å². The molecule has 0 spiro atoms. The van der Waals surface area contributed by atoms with Crippen molar-refractivity contribution in [3.8, 4) is 0 Å². The standard InChI is InChI=1S/C20H20N2O2/c1-13(2)17-12-20(24)22-18-11-15(8-9-16(17)18)21-19(23)10-14-6-4-3-5-7-14/h3-9,11-13H,10H2,1-2H3,(H,21,23)(H,22,24). The Hall–Kier alpha value is -2.88. The molecule has 3 rings (SSSR count). The molecule has 2 aromatic carbocycles. The first-order valence-corrected chi connectivity index (χ1v) is 8.03. The minimum atomic E-state index is -0.126. The van der Waals surface area contributed by atoms with Crippen LogP contribution in [0.15, 0.2) is 59.4 Å². The van der Waals surface area contributed by atoms with Crippen LogP contribution in [0.1, 0.15) is 30.9 Å². The Kier molecular flexibility index (Phi) is 4.47. The molecule has 4 nitrogen and oxygen atoms in total. The van der Waals surface area contributed by atoms with E-state index in [9.17, 15) is 9.59 Å². The molecular formula is C20H20N2O2. The highest BCUT2D eigenvalue weighted by Crippen LogP contribution is 2.24. The Morgan fingerprint density at radius 1 is 1.08 bits per heavy atom. The van der Waals surface area contributed by atoms with Crippen LogP contribution < -0.4 is 10.9 Å². The Morgan fingerprint density at radius 2 is 1.83 bits per heavy atom. The smallest absolute Gasteiger partial charge is 0.248 e. The Bertz CT molecular complexity index is 927. The SMILES string of the molecule is CC(C)c1cc(=O)[nH]c2cc(NC(=O)Cc3ccccc3)ccc12. The molecule has 0 bridgehead atoms. The number of carbonyl (C=O) groups is 1. The van der Waals surface area contributed by atoms with Gasteiger partial charge in [0, 0.05) is 17.1 Å². The lowest BCUT2D eigenvalue weighted by molar-refractivity contribution is -0.115. The highest BCUT2D eigenvalue weighted by Gasteiger charge is 2.09. The third-order valence-corrected chi connectivity index (χ3v) is 3.99. The maximum absolute atomic E-state index is 12.2.